The molecule has 4 rings (SSSR count). The standard InChI is InChI=1S/C28H27BrN4O4/c1-32(2)16-24(34)33(3)23-13-11-19(15-21(23)29)30-26(17-8-6-5-7-9-17)25-20-12-10-18(28(36)37-4)14-22(20)31-27(25)35/h5-15,30H,16H2,1-4H3,(H,31,35). The molecule has 9 heteroatoms. The summed E-state index contributed by atoms with van der Waals surface area (Å²) in [6, 6.07) is 20.1. The second-order valence-corrected chi connectivity index (χ2v) is 9.66. The van der Waals surface area contributed by atoms with Crippen molar-refractivity contribution in [1.29, 1.82) is 0 Å². The monoisotopic (exact) mass is 562 g/mol. The lowest BCUT2D eigenvalue weighted by Crippen LogP contribution is -2.35. The van der Waals surface area contributed by atoms with Crippen LogP contribution in [0.25, 0.3) is 11.3 Å². The average Bonchev–Trinajstić information content (AvgIpc) is 3.21. The van der Waals surface area contributed by atoms with E-state index in [1.54, 1.807) is 30.1 Å². The Balaban J connectivity index is 1.75. The van der Waals surface area contributed by atoms with Gasteiger partial charge in [0, 0.05) is 22.8 Å². The lowest BCUT2D eigenvalue weighted by Gasteiger charge is -2.22. The topological polar surface area (TPSA) is 91.0 Å². The van der Waals surface area contributed by atoms with Crippen LogP contribution in [0.15, 0.2) is 71.2 Å². The van der Waals surface area contributed by atoms with E-state index in [-0.39, 0.29) is 11.8 Å². The Bertz CT molecular complexity index is 1400. The van der Waals surface area contributed by atoms with Crippen LogP contribution >= 0.6 is 15.9 Å². The molecular formula is C28H27BrN4O4. The van der Waals surface area contributed by atoms with Crippen molar-refractivity contribution in [2.24, 2.45) is 0 Å². The number of nitrogens with zero attached hydrogens (tertiary/aromatic N) is 2. The van der Waals surface area contributed by atoms with Gasteiger partial charge in [-0.25, -0.2) is 4.79 Å². The van der Waals surface area contributed by atoms with Crippen molar-refractivity contribution in [3.8, 4) is 0 Å². The van der Waals surface area contributed by atoms with Gasteiger partial charge in [0.05, 0.1) is 41.9 Å². The molecule has 2 amide bonds. The van der Waals surface area contributed by atoms with Crippen LogP contribution in [0.1, 0.15) is 21.5 Å². The zero-order valence-electron chi connectivity index (χ0n) is 21.0. The number of benzene rings is 3. The number of halogens is 1. The molecule has 0 fully saturated rings. The number of esters is 1. The van der Waals surface area contributed by atoms with Gasteiger partial charge in [0.25, 0.3) is 5.91 Å². The second-order valence-electron chi connectivity index (χ2n) is 8.80. The molecule has 3 aromatic carbocycles. The van der Waals surface area contributed by atoms with Gasteiger partial charge in [0.2, 0.25) is 5.91 Å². The van der Waals surface area contributed by atoms with Gasteiger partial charge in [-0.15, -0.1) is 0 Å². The lowest BCUT2D eigenvalue weighted by atomic mass is 9.99. The molecule has 0 bridgehead atoms. The zero-order valence-corrected chi connectivity index (χ0v) is 22.5. The quantitative estimate of drug-likeness (QED) is 0.320. The summed E-state index contributed by atoms with van der Waals surface area (Å²) in [7, 11) is 6.75. The Morgan fingerprint density at radius 3 is 2.35 bits per heavy atom. The van der Waals surface area contributed by atoms with Gasteiger partial charge in [0.1, 0.15) is 0 Å². The predicted molar refractivity (Wildman–Crippen MR) is 149 cm³/mol. The van der Waals surface area contributed by atoms with E-state index >= 15 is 0 Å². The maximum atomic E-state index is 13.2. The summed E-state index contributed by atoms with van der Waals surface area (Å²) in [5.74, 6) is -0.799. The van der Waals surface area contributed by atoms with E-state index in [4.69, 9.17) is 4.74 Å². The van der Waals surface area contributed by atoms with Crippen molar-refractivity contribution >= 4 is 62.0 Å². The van der Waals surface area contributed by atoms with E-state index in [2.05, 4.69) is 26.6 Å². The fourth-order valence-electron chi connectivity index (χ4n) is 4.06. The molecule has 0 saturated heterocycles. The summed E-state index contributed by atoms with van der Waals surface area (Å²) >= 11 is 3.59. The molecule has 0 aliphatic carbocycles. The maximum Gasteiger partial charge on any atom is 0.337 e. The van der Waals surface area contributed by atoms with Gasteiger partial charge in [-0.1, -0.05) is 36.4 Å². The first-order valence-electron chi connectivity index (χ1n) is 11.5. The SMILES string of the molecule is COC(=O)c1ccc2c(c1)NC(=O)C2=C(Nc1ccc(N(C)C(=O)CN(C)C)c(Br)c1)c1ccccc1. The molecule has 0 saturated carbocycles. The maximum absolute atomic E-state index is 13.2. The van der Waals surface area contributed by atoms with Crippen molar-refractivity contribution < 1.29 is 19.1 Å². The smallest absolute Gasteiger partial charge is 0.337 e. The van der Waals surface area contributed by atoms with E-state index < -0.39 is 5.97 Å². The van der Waals surface area contributed by atoms with Gasteiger partial charge in [-0.05, 0) is 65.9 Å². The fraction of sp³-hybridized carbons (Fsp3) is 0.179. The van der Waals surface area contributed by atoms with Crippen LogP contribution in [0.5, 0.6) is 0 Å². The molecule has 0 unspecified atom stereocenters. The van der Waals surface area contributed by atoms with Crippen molar-refractivity contribution in [3.63, 3.8) is 0 Å². The third-order valence-corrected chi connectivity index (χ3v) is 6.54. The number of amides is 2. The van der Waals surface area contributed by atoms with Gasteiger partial charge >= 0.3 is 5.97 Å². The Kier molecular flexibility index (Phi) is 7.75. The molecule has 1 heterocycles. The number of fused-ring (bicyclic) bond motifs is 1. The van der Waals surface area contributed by atoms with Gasteiger partial charge < -0.3 is 25.2 Å². The highest BCUT2D eigenvalue weighted by atomic mass is 79.9. The molecule has 2 N–H and O–H groups in total. The molecule has 0 spiro atoms. The second kappa shape index (κ2) is 11.0. The Labute approximate surface area is 224 Å². The zero-order chi connectivity index (χ0) is 26.7. The predicted octanol–water partition coefficient (Wildman–Crippen LogP) is 4.69. The van der Waals surface area contributed by atoms with Crippen LogP contribution < -0.4 is 15.5 Å². The van der Waals surface area contributed by atoms with Crippen LogP contribution in [-0.4, -0.2) is 57.5 Å². The van der Waals surface area contributed by atoms with Gasteiger partial charge in [-0.3, -0.25) is 9.59 Å². The van der Waals surface area contributed by atoms with Gasteiger partial charge in [0.15, 0.2) is 0 Å². The molecule has 190 valence electrons. The van der Waals surface area contributed by atoms with Crippen LogP contribution in [0.4, 0.5) is 17.1 Å². The highest BCUT2D eigenvalue weighted by Crippen LogP contribution is 2.39. The summed E-state index contributed by atoms with van der Waals surface area (Å²) in [6.07, 6.45) is 0. The van der Waals surface area contributed by atoms with E-state index in [0.29, 0.717) is 34.6 Å². The fourth-order valence-corrected chi connectivity index (χ4v) is 4.71. The first-order chi connectivity index (χ1) is 17.7. The number of anilines is 3. The Hall–Kier alpha value is -3.95. The summed E-state index contributed by atoms with van der Waals surface area (Å²) < 4.78 is 5.53. The number of carbonyl (C=O) groups excluding carboxylic acids is 3. The number of ether oxygens (including phenoxy) is 1. The van der Waals surface area contributed by atoms with Crippen molar-refractivity contribution in [2.45, 2.75) is 0 Å². The minimum absolute atomic E-state index is 0.0379. The number of likely N-dealkylation sites (N-methyl/N-ethyl adjacent to an activating group) is 2. The Morgan fingerprint density at radius 2 is 1.70 bits per heavy atom. The summed E-state index contributed by atoms with van der Waals surface area (Å²) in [5.41, 5.74) is 4.90. The molecule has 1 aliphatic heterocycles. The first-order valence-corrected chi connectivity index (χ1v) is 12.3. The van der Waals surface area contributed by atoms with Crippen molar-refractivity contribution in [1.82, 2.24) is 4.90 Å². The van der Waals surface area contributed by atoms with E-state index in [1.165, 1.54) is 7.11 Å². The highest BCUT2D eigenvalue weighted by Gasteiger charge is 2.29. The highest BCUT2D eigenvalue weighted by molar-refractivity contribution is 9.10. The number of hydrogen-bond acceptors (Lipinski definition) is 6. The van der Waals surface area contributed by atoms with E-state index in [1.807, 2.05) is 67.5 Å². The molecule has 37 heavy (non-hydrogen) atoms. The van der Waals surface area contributed by atoms with Crippen molar-refractivity contribution in [2.75, 3.05) is 50.3 Å². The third kappa shape index (κ3) is 5.58. The summed E-state index contributed by atoms with van der Waals surface area (Å²) in [5, 5.41) is 6.28. The number of methoxy groups -OCH3 is 1. The van der Waals surface area contributed by atoms with Crippen LogP contribution in [0.2, 0.25) is 0 Å². The molecule has 0 atom stereocenters. The lowest BCUT2D eigenvalue weighted by molar-refractivity contribution is -0.119. The van der Waals surface area contributed by atoms with E-state index in [0.717, 1.165) is 21.4 Å². The van der Waals surface area contributed by atoms with Crippen molar-refractivity contribution in [3.05, 3.63) is 87.9 Å². The summed E-state index contributed by atoms with van der Waals surface area (Å²) in [6.45, 7) is 0.291. The largest absolute Gasteiger partial charge is 0.465 e. The Morgan fingerprint density at radius 1 is 0.973 bits per heavy atom. The normalized spacial score (nSPS) is 13.6. The minimum atomic E-state index is -0.477. The average molecular weight is 563 g/mol. The number of nitrogens with one attached hydrogen (secondary N) is 2. The van der Waals surface area contributed by atoms with E-state index in [9.17, 15) is 14.4 Å². The molecule has 0 radical (unpaired) electrons. The third-order valence-electron chi connectivity index (χ3n) is 5.90. The van der Waals surface area contributed by atoms with Crippen LogP contribution in [0, 0.1) is 0 Å². The first kappa shape index (κ1) is 26.1. The molecular weight excluding hydrogens is 536 g/mol. The number of rotatable bonds is 7. The molecule has 1 aliphatic rings. The minimum Gasteiger partial charge on any atom is -0.465 e. The molecule has 0 aromatic heterocycles. The molecule has 8 nitrogen and oxygen atoms in total. The number of hydrogen-bond donors (Lipinski definition) is 2. The summed E-state index contributed by atoms with van der Waals surface area (Å²) in [4.78, 5) is 41.1. The van der Waals surface area contributed by atoms with Crippen LogP contribution in [-0.2, 0) is 14.3 Å². The van der Waals surface area contributed by atoms with Gasteiger partial charge in [-0.2, -0.15) is 0 Å². The number of carbonyl (C=O) groups is 3. The van der Waals surface area contributed by atoms with Crippen LogP contribution in [0.3, 0.4) is 0 Å². The molecule has 3 aromatic rings.